The van der Waals surface area contributed by atoms with Crippen LogP contribution in [0.1, 0.15) is 16.1 Å². The number of halogens is 2. The number of hydrogen-bond donors (Lipinski definition) is 4. The Balaban J connectivity index is 1.47. The van der Waals surface area contributed by atoms with E-state index < -0.39 is 34.2 Å². The van der Waals surface area contributed by atoms with Gasteiger partial charge in [-0.25, -0.2) is 18.0 Å². The number of nitrogens with zero attached hydrogens (tertiary/aromatic N) is 2. The maximum absolute atomic E-state index is 15.3. The van der Waals surface area contributed by atoms with Crippen LogP contribution in [0.5, 0.6) is 0 Å². The van der Waals surface area contributed by atoms with E-state index in [4.69, 9.17) is 5.14 Å². The van der Waals surface area contributed by atoms with Crippen molar-refractivity contribution >= 4 is 51.3 Å². The zero-order valence-corrected chi connectivity index (χ0v) is 20.5. The van der Waals surface area contributed by atoms with Crippen LogP contribution >= 0.6 is 11.9 Å². The van der Waals surface area contributed by atoms with Crippen molar-refractivity contribution in [1.29, 1.82) is 0 Å². The number of aromatic amines is 1. The van der Waals surface area contributed by atoms with Crippen LogP contribution in [0.3, 0.4) is 0 Å². The van der Waals surface area contributed by atoms with Gasteiger partial charge in [-0.2, -0.15) is 5.10 Å². The minimum Gasteiger partial charge on any atom is -0.288 e. The maximum atomic E-state index is 15.3. The average molecular weight is 537 g/mol. The van der Waals surface area contributed by atoms with Crippen LogP contribution in [-0.4, -0.2) is 25.2 Å². The number of carbonyl (C=O) groups is 1. The van der Waals surface area contributed by atoms with E-state index in [1.807, 2.05) is 24.3 Å². The van der Waals surface area contributed by atoms with E-state index in [1.165, 1.54) is 0 Å². The SMILES string of the molecule is NSc1ccc(-c2cnc3n[nH]c(C(=O)c4c(F)ccc(NS(=O)Nc5ccccc5)c4F)c3c2)cc1. The second kappa shape index (κ2) is 10.5. The molecule has 0 radical (unpaired) electrons. The summed E-state index contributed by atoms with van der Waals surface area (Å²) in [6, 6.07) is 19.6. The Morgan fingerprint density at radius 3 is 2.46 bits per heavy atom. The second-order valence-electron chi connectivity index (χ2n) is 7.79. The Morgan fingerprint density at radius 1 is 0.973 bits per heavy atom. The molecular weight excluding hydrogens is 518 g/mol. The molecule has 0 aliphatic heterocycles. The molecule has 0 aliphatic rings. The summed E-state index contributed by atoms with van der Waals surface area (Å²) in [5.74, 6) is -3.22. The zero-order chi connectivity index (χ0) is 25.9. The van der Waals surface area contributed by atoms with Gasteiger partial charge in [-0.3, -0.25) is 24.5 Å². The lowest BCUT2D eigenvalue weighted by Crippen LogP contribution is -2.17. The van der Waals surface area contributed by atoms with Gasteiger partial charge in [0.2, 0.25) is 17.0 Å². The van der Waals surface area contributed by atoms with Gasteiger partial charge >= 0.3 is 0 Å². The van der Waals surface area contributed by atoms with Crippen LogP contribution in [0.25, 0.3) is 22.2 Å². The fourth-order valence-corrected chi connectivity index (χ4v) is 4.71. The maximum Gasteiger partial charge on any atom is 0.220 e. The topological polar surface area (TPSA) is 126 Å². The number of anilines is 2. The molecule has 186 valence electrons. The molecule has 1 unspecified atom stereocenters. The third-order valence-electron chi connectivity index (χ3n) is 5.47. The van der Waals surface area contributed by atoms with Gasteiger partial charge < -0.3 is 0 Å². The minimum atomic E-state index is -1.96. The molecule has 5 rings (SSSR count). The average Bonchev–Trinajstić information content (AvgIpc) is 3.34. The van der Waals surface area contributed by atoms with Crippen molar-refractivity contribution in [2.24, 2.45) is 5.14 Å². The highest BCUT2D eigenvalue weighted by molar-refractivity contribution is 7.97. The van der Waals surface area contributed by atoms with Gasteiger partial charge in [0, 0.05) is 22.3 Å². The summed E-state index contributed by atoms with van der Waals surface area (Å²) in [6.07, 6.45) is 1.59. The number of pyridine rings is 1. The molecule has 0 aliphatic carbocycles. The number of aromatic nitrogens is 3. The molecule has 0 saturated carbocycles. The van der Waals surface area contributed by atoms with Crippen LogP contribution < -0.4 is 14.6 Å². The van der Waals surface area contributed by atoms with Crippen LogP contribution in [0.4, 0.5) is 20.2 Å². The molecule has 0 spiro atoms. The quantitative estimate of drug-likeness (QED) is 0.160. The smallest absolute Gasteiger partial charge is 0.220 e. The predicted octanol–water partition coefficient (Wildman–Crippen LogP) is 5.20. The van der Waals surface area contributed by atoms with Crippen LogP contribution in [0, 0.1) is 11.6 Å². The standard InChI is InChI=1S/C25H18F2N6O2S2/c26-19-10-11-20(33-37(35)32-16-4-2-1-3-5-16)22(27)21(19)24(34)23-18-12-15(13-29-25(18)31-30-23)14-6-8-17(36-28)9-7-14/h1-13,32-33H,28H2,(H,29,30,31). The first-order valence-electron chi connectivity index (χ1n) is 10.8. The van der Waals surface area contributed by atoms with Gasteiger partial charge in [-0.15, -0.1) is 0 Å². The van der Waals surface area contributed by atoms with Crippen LogP contribution in [0.2, 0.25) is 0 Å². The Hall–Kier alpha value is -4.13. The van der Waals surface area contributed by atoms with Crippen molar-refractivity contribution in [3.8, 4) is 11.1 Å². The number of ketones is 1. The highest BCUT2D eigenvalue weighted by Gasteiger charge is 2.26. The number of fused-ring (bicyclic) bond motifs is 1. The summed E-state index contributed by atoms with van der Waals surface area (Å²) < 4.78 is 47.6. The zero-order valence-electron chi connectivity index (χ0n) is 18.9. The summed E-state index contributed by atoms with van der Waals surface area (Å²) in [7, 11) is 0. The first-order valence-corrected chi connectivity index (χ1v) is 12.8. The van der Waals surface area contributed by atoms with Crippen molar-refractivity contribution < 1.29 is 17.8 Å². The summed E-state index contributed by atoms with van der Waals surface area (Å²) in [4.78, 5) is 18.4. The molecular formula is C25H18F2N6O2S2. The first kappa shape index (κ1) is 24.6. The third-order valence-corrected chi connectivity index (χ3v) is 6.84. The van der Waals surface area contributed by atoms with Crippen molar-refractivity contribution in [1.82, 2.24) is 15.2 Å². The van der Waals surface area contributed by atoms with Gasteiger partial charge in [0.25, 0.3) is 0 Å². The van der Waals surface area contributed by atoms with E-state index in [-0.39, 0.29) is 17.0 Å². The van der Waals surface area contributed by atoms with Crippen molar-refractivity contribution in [3.63, 3.8) is 0 Å². The van der Waals surface area contributed by atoms with Gasteiger partial charge in [0.1, 0.15) is 11.5 Å². The van der Waals surface area contributed by atoms with Gasteiger partial charge in [-0.05, 0) is 60.0 Å². The molecule has 12 heteroatoms. The van der Waals surface area contributed by atoms with Crippen LogP contribution in [-0.2, 0) is 11.2 Å². The molecule has 0 fully saturated rings. The molecule has 1 atom stereocenters. The first-order chi connectivity index (χ1) is 17.9. The van der Waals surface area contributed by atoms with E-state index in [1.54, 1.807) is 42.6 Å². The van der Waals surface area contributed by atoms with E-state index in [9.17, 15) is 13.4 Å². The Kier molecular flexibility index (Phi) is 6.95. The van der Waals surface area contributed by atoms with Crippen molar-refractivity contribution in [2.75, 3.05) is 9.44 Å². The molecule has 5 N–H and O–H groups in total. The lowest BCUT2D eigenvalue weighted by atomic mass is 10.0. The monoisotopic (exact) mass is 536 g/mol. The fourth-order valence-electron chi connectivity index (χ4n) is 3.66. The summed E-state index contributed by atoms with van der Waals surface area (Å²) in [5.41, 5.74) is 0.963. The normalized spacial score (nSPS) is 11.9. The third kappa shape index (κ3) is 5.07. The Bertz CT molecular complexity index is 1630. The highest BCUT2D eigenvalue weighted by atomic mass is 32.2. The van der Waals surface area contributed by atoms with E-state index in [0.29, 0.717) is 16.6 Å². The summed E-state index contributed by atoms with van der Waals surface area (Å²) >= 11 is -0.846. The molecule has 37 heavy (non-hydrogen) atoms. The summed E-state index contributed by atoms with van der Waals surface area (Å²) in [6.45, 7) is 0. The van der Waals surface area contributed by atoms with E-state index in [0.717, 1.165) is 34.5 Å². The van der Waals surface area contributed by atoms with Gasteiger partial charge in [-0.1, -0.05) is 30.3 Å². The number of para-hydroxylation sites is 1. The molecule has 3 aromatic carbocycles. The molecule has 0 saturated heterocycles. The highest BCUT2D eigenvalue weighted by Crippen LogP contribution is 2.29. The number of benzene rings is 3. The van der Waals surface area contributed by atoms with E-state index in [2.05, 4.69) is 24.6 Å². The fraction of sp³-hybridized carbons (Fsp3) is 0. The molecule has 0 amide bonds. The lowest BCUT2D eigenvalue weighted by Gasteiger charge is -2.11. The number of nitrogens with one attached hydrogen (secondary N) is 3. The van der Waals surface area contributed by atoms with E-state index >= 15 is 4.39 Å². The Morgan fingerprint density at radius 2 is 1.73 bits per heavy atom. The number of hydrogen-bond acceptors (Lipinski definition) is 6. The summed E-state index contributed by atoms with van der Waals surface area (Å²) in [5, 5.41) is 12.4. The van der Waals surface area contributed by atoms with Crippen molar-refractivity contribution in [2.45, 2.75) is 4.90 Å². The number of rotatable bonds is 8. The lowest BCUT2D eigenvalue weighted by molar-refractivity contribution is 0.102. The predicted molar refractivity (Wildman–Crippen MR) is 141 cm³/mol. The second-order valence-corrected chi connectivity index (χ2v) is 9.44. The van der Waals surface area contributed by atoms with Gasteiger partial charge in [0.15, 0.2) is 11.5 Å². The van der Waals surface area contributed by atoms with Crippen molar-refractivity contribution in [3.05, 3.63) is 102 Å². The minimum absolute atomic E-state index is 0.128. The molecule has 2 aromatic heterocycles. The molecule has 5 aromatic rings. The number of nitrogens with two attached hydrogens (primary N) is 1. The van der Waals surface area contributed by atoms with Crippen LogP contribution in [0.15, 0.2) is 83.9 Å². The number of carbonyl (C=O) groups excluding carboxylic acids is 1. The Labute approximate surface area is 216 Å². The molecule has 0 bridgehead atoms. The molecule has 2 heterocycles. The molecule has 8 nitrogen and oxygen atoms in total. The number of H-pyrrole nitrogens is 1. The largest absolute Gasteiger partial charge is 0.288 e. The van der Waals surface area contributed by atoms with Gasteiger partial charge in [0.05, 0.1) is 16.6 Å².